The van der Waals surface area contributed by atoms with Crippen molar-refractivity contribution in [3.05, 3.63) is 169 Å². The van der Waals surface area contributed by atoms with Gasteiger partial charge in [-0.2, -0.15) is 0 Å². The maximum absolute atomic E-state index is 8.11. The lowest BCUT2D eigenvalue weighted by Crippen LogP contribution is -2.39. The molecule has 320 valence electrons. The molecule has 8 heteroatoms. The number of rotatable bonds is 6. The van der Waals surface area contributed by atoms with E-state index in [4.69, 9.17) is 5.48 Å². The van der Waals surface area contributed by atoms with Gasteiger partial charge in [0.1, 0.15) is 24.7 Å². The number of anilines is 4. The summed E-state index contributed by atoms with van der Waals surface area (Å²) in [5.74, 6) is 0. The highest BCUT2D eigenvalue weighted by atomic mass is 15.4. The van der Waals surface area contributed by atoms with Gasteiger partial charge in [-0.15, -0.1) is 0 Å². The molecule has 4 aliphatic rings. The summed E-state index contributed by atoms with van der Waals surface area (Å²) in [5.41, 5.74) is 9.88. The van der Waals surface area contributed by atoms with Gasteiger partial charge >= 0.3 is 0 Å². The van der Waals surface area contributed by atoms with Crippen LogP contribution in [-0.4, -0.2) is 70.3 Å². The van der Waals surface area contributed by atoms with Crippen molar-refractivity contribution in [1.29, 1.82) is 0 Å². The first-order chi connectivity index (χ1) is 30.1. The van der Waals surface area contributed by atoms with E-state index in [-0.39, 0.29) is 12.3 Å². The van der Waals surface area contributed by atoms with E-state index >= 15 is 0 Å². The molecule has 0 amide bonds. The van der Waals surface area contributed by atoms with Crippen LogP contribution in [0.15, 0.2) is 147 Å². The Bertz CT molecular complexity index is 2180. The molecule has 0 N–H and O–H groups in total. The van der Waals surface area contributed by atoms with Gasteiger partial charge in [0.25, 0.3) is 0 Å². The van der Waals surface area contributed by atoms with Crippen molar-refractivity contribution in [2.24, 2.45) is 0 Å². The summed E-state index contributed by atoms with van der Waals surface area (Å²) in [5, 5.41) is 0. The predicted octanol–water partition coefficient (Wildman–Crippen LogP) is 11.8. The summed E-state index contributed by atoms with van der Waals surface area (Å²) in [6.07, 6.45) is 16.9. The second kappa shape index (κ2) is 20.5. The highest BCUT2D eigenvalue weighted by Crippen LogP contribution is 2.31. The van der Waals surface area contributed by atoms with E-state index in [0.29, 0.717) is 18.4 Å². The quantitative estimate of drug-likeness (QED) is 0.190. The molecule has 0 aromatic heterocycles. The molecule has 0 saturated carbocycles. The lowest BCUT2D eigenvalue weighted by molar-refractivity contribution is 0.263. The Morgan fingerprint density at radius 3 is 1.00 bits per heavy atom. The SMILES string of the molecule is Cc1ccccc1N1C=CN(C(C)C)[C@@H]1C.Cc1ccccc1N1C=CN(C)[C@@H]1C.[2H]C(C)(C)N1C=CN(c2ccccc2C)[C@H]1C.[2H]C([2H])([2H])N1C=CN(c2ccccc2C)[C@H]1C. The third-order valence-corrected chi connectivity index (χ3v) is 11.8. The summed E-state index contributed by atoms with van der Waals surface area (Å²) in [4.78, 5) is 16.8. The molecule has 4 aliphatic heterocycles. The fourth-order valence-electron chi connectivity index (χ4n) is 7.88. The van der Waals surface area contributed by atoms with Crippen molar-refractivity contribution in [1.82, 2.24) is 19.6 Å². The van der Waals surface area contributed by atoms with Gasteiger partial charge in [0, 0.05) is 103 Å². The smallest absolute Gasteiger partial charge is 0.103 e. The maximum Gasteiger partial charge on any atom is 0.103 e. The Morgan fingerprint density at radius 1 is 0.417 bits per heavy atom. The fourth-order valence-corrected chi connectivity index (χ4v) is 7.88. The molecule has 4 heterocycles. The number of hydrogen-bond acceptors (Lipinski definition) is 8. The first kappa shape index (κ1) is 39.7. The number of benzene rings is 4. The minimum absolute atomic E-state index is 0.184. The topological polar surface area (TPSA) is 25.9 Å². The van der Waals surface area contributed by atoms with E-state index in [1.165, 1.54) is 38.7 Å². The number of nitrogens with zero attached hydrogens (tertiary/aromatic N) is 8. The Hall–Kier alpha value is -5.76. The van der Waals surface area contributed by atoms with Gasteiger partial charge in [-0.1, -0.05) is 72.8 Å². The van der Waals surface area contributed by atoms with Gasteiger partial charge < -0.3 is 39.2 Å². The molecular formula is C52H72N8. The summed E-state index contributed by atoms with van der Waals surface area (Å²) in [6.45, 7) is 23.1. The monoisotopic (exact) mass is 813 g/mol. The van der Waals surface area contributed by atoms with Crippen LogP contribution in [0.2, 0.25) is 0 Å². The molecule has 0 spiro atoms. The van der Waals surface area contributed by atoms with E-state index in [0.717, 1.165) is 11.3 Å². The predicted molar refractivity (Wildman–Crippen MR) is 259 cm³/mol. The van der Waals surface area contributed by atoms with E-state index < -0.39 is 13.0 Å². The van der Waals surface area contributed by atoms with Crippen molar-refractivity contribution in [3.63, 3.8) is 0 Å². The molecule has 4 aromatic rings. The minimum Gasteiger partial charge on any atom is -0.359 e. The number of hydrogen-bond donors (Lipinski definition) is 0. The van der Waals surface area contributed by atoms with Gasteiger partial charge in [-0.05, 0) is 130 Å². The van der Waals surface area contributed by atoms with Gasteiger partial charge in [0.05, 0.1) is 1.37 Å². The molecule has 4 atom stereocenters. The second-order valence-electron chi connectivity index (χ2n) is 16.5. The Labute approximate surface area is 369 Å². The van der Waals surface area contributed by atoms with Gasteiger partial charge in [-0.3, -0.25) is 0 Å². The van der Waals surface area contributed by atoms with Gasteiger partial charge in [-0.25, -0.2) is 0 Å². The van der Waals surface area contributed by atoms with Crippen molar-refractivity contribution in [3.8, 4) is 0 Å². The van der Waals surface area contributed by atoms with Crippen LogP contribution in [0.1, 0.15) is 83.1 Å². The van der Waals surface area contributed by atoms with Crippen LogP contribution in [0.25, 0.3) is 0 Å². The van der Waals surface area contributed by atoms with Crippen LogP contribution in [0.5, 0.6) is 0 Å². The maximum atomic E-state index is 8.11. The number of aryl methyl sites for hydroxylation is 4. The lowest BCUT2D eigenvalue weighted by Gasteiger charge is -2.33. The van der Waals surface area contributed by atoms with Crippen LogP contribution >= 0.6 is 0 Å². The second-order valence-corrected chi connectivity index (χ2v) is 16.5. The average Bonchev–Trinajstić information content (AvgIpc) is 4.02. The summed E-state index contributed by atoms with van der Waals surface area (Å²) < 4.78 is 30.5. The van der Waals surface area contributed by atoms with Crippen molar-refractivity contribution in [2.75, 3.05) is 33.6 Å². The first-order valence-corrected chi connectivity index (χ1v) is 21.3. The first-order valence-electron chi connectivity index (χ1n) is 23.3. The van der Waals surface area contributed by atoms with Crippen LogP contribution in [0, 0.1) is 27.7 Å². The van der Waals surface area contributed by atoms with Crippen molar-refractivity contribution < 1.29 is 5.48 Å². The Morgan fingerprint density at radius 2 is 0.717 bits per heavy atom. The highest BCUT2D eigenvalue weighted by Gasteiger charge is 2.27. The average molecular weight is 813 g/mol. The van der Waals surface area contributed by atoms with Crippen molar-refractivity contribution >= 4 is 22.7 Å². The van der Waals surface area contributed by atoms with E-state index in [1.54, 1.807) is 6.20 Å². The van der Waals surface area contributed by atoms with Crippen molar-refractivity contribution in [2.45, 2.75) is 120 Å². The van der Waals surface area contributed by atoms with Crippen LogP contribution in [0.4, 0.5) is 22.7 Å². The molecule has 0 bridgehead atoms. The highest BCUT2D eigenvalue weighted by molar-refractivity contribution is 5.59. The van der Waals surface area contributed by atoms with E-state index in [1.807, 2.05) is 69.3 Å². The van der Waals surface area contributed by atoms with E-state index in [9.17, 15) is 0 Å². The largest absolute Gasteiger partial charge is 0.359 e. The van der Waals surface area contributed by atoms with Crippen LogP contribution in [0.3, 0.4) is 0 Å². The minimum atomic E-state index is -2.09. The fraction of sp³-hybridized carbons (Fsp3) is 0.385. The van der Waals surface area contributed by atoms with Gasteiger partial charge in [0.15, 0.2) is 0 Å². The Kier molecular flexibility index (Phi) is 13.5. The molecule has 0 saturated heterocycles. The number of para-hydroxylation sites is 4. The summed E-state index contributed by atoms with van der Waals surface area (Å²) >= 11 is 0. The van der Waals surface area contributed by atoms with Crippen LogP contribution < -0.4 is 19.6 Å². The summed E-state index contributed by atoms with van der Waals surface area (Å²) in [7, 11) is 2.10. The molecule has 4 aromatic carbocycles. The molecule has 0 unspecified atom stereocenters. The molecule has 60 heavy (non-hydrogen) atoms. The van der Waals surface area contributed by atoms with Gasteiger partial charge in [0.2, 0.25) is 0 Å². The third kappa shape index (κ3) is 10.5. The Balaban J connectivity index is 0.000000161. The zero-order valence-electron chi connectivity index (χ0n) is 42.3. The molecule has 0 fully saturated rings. The normalized spacial score (nSPS) is 21.6. The summed E-state index contributed by atoms with van der Waals surface area (Å²) in [6, 6.07) is 33.2. The lowest BCUT2D eigenvalue weighted by atomic mass is 10.2. The molecule has 0 radical (unpaired) electrons. The zero-order valence-corrected chi connectivity index (χ0v) is 38.3. The molecular weight excluding hydrogens is 737 g/mol. The zero-order chi connectivity index (χ0) is 47.1. The standard InChI is InChI=1S/2C14H20N2.2C12H16N2/c2*1-11(2)15-9-10-16(13(15)4)14-8-6-5-7-12(14)3;2*1-10-6-4-5-7-12(10)14-9-8-13(3)11(14)2/h2*5-11,13H,1-4H3;2*4-9,11H,1-3H3/t2*13-;2*11-/m0000/s1/i11D;;3D3;. The molecule has 8 rings (SSSR count). The molecule has 0 aliphatic carbocycles. The third-order valence-electron chi connectivity index (χ3n) is 11.8. The van der Waals surface area contributed by atoms with Crippen LogP contribution in [-0.2, 0) is 0 Å². The van der Waals surface area contributed by atoms with E-state index in [2.05, 4.69) is 196 Å². The molecule has 8 nitrogen and oxygen atoms in total.